The van der Waals surface area contributed by atoms with Crippen LogP contribution in [0.25, 0.3) is 10.2 Å². The summed E-state index contributed by atoms with van der Waals surface area (Å²) in [5, 5.41) is 8.94. The van der Waals surface area contributed by atoms with Gasteiger partial charge >= 0.3 is 5.97 Å². The van der Waals surface area contributed by atoms with E-state index in [0.29, 0.717) is 5.52 Å². The first-order valence-electron chi connectivity index (χ1n) is 5.51. The van der Waals surface area contributed by atoms with E-state index in [1.165, 1.54) is 17.4 Å². The molecular formula is C12H13NO3S. The van der Waals surface area contributed by atoms with Crippen LogP contribution in [0.2, 0.25) is 0 Å². The van der Waals surface area contributed by atoms with Crippen LogP contribution in [0.4, 0.5) is 0 Å². The smallest absolute Gasteiger partial charge is 0.345 e. The Balaban J connectivity index is 2.57. The predicted octanol–water partition coefficient (Wildman–Crippen LogP) is 2.63. The lowest BCUT2D eigenvalue weighted by Gasteiger charge is -2.00. The molecule has 2 rings (SSSR count). The van der Waals surface area contributed by atoms with Crippen LogP contribution < -0.4 is 5.56 Å². The van der Waals surface area contributed by atoms with E-state index in [1.807, 2.05) is 0 Å². The van der Waals surface area contributed by atoms with E-state index >= 15 is 0 Å². The number of unbranched alkanes of at least 4 members (excludes halogenated alkanes) is 1. The van der Waals surface area contributed by atoms with Crippen molar-refractivity contribution < 1.29 is 9.90 Å². The normalized spacial score (nSPS) is 10.9. The van der Waals surface area contributed by atoms with Gasteiger partial charge < -0.3 is 10.1 Å². The molecule has 90 valence electrons. The molecular weight excluding hydrogens is 238 g/mol. The highest BCUT2D eigenvalue weighted by atomic mass is 32.1. The molecule has 4 nitrogen and oxygen atoms in total. The summed E-state index contributed by atoms with van der Waals surface area (Å²) in [6.07, 6.45) is 2.86. The molecule has 0 saturated carbocycles. The molecule has 0 aliphatic heterocycles. The fourth-order valence-corrected chi connectivity index (χ4v) is 2.77. The van der Waals surface area contributed by atoms with Crippen LogP contribution >= 0.6 is 11.3 Å². The third-order valence-corrected chi connectivity index (χ3v) is 3.80. The van der Waals surface area contributed by atoms with Crippen LogP contribution in [0.3, 0.4) is 0 Å². The Kier molecular flexibility index (Phi) is 3.28. The van der Waals surface area contributed by atoms with E-state index < -0.39 is 5.97 Å². The van der Waals surface area contributed by atoms with E-state index in [2.05, 4.69) is 11.9 Å². The summed E-state index contributed by atoms with van der Waals surface area (Å²) in [4.78, 5) is 25.3. The van der Waals surface area contributed by atoms with Gasteiger partial charge in [0.25, 0.3) is 0 Å². The number of rotatable bonds is 4. The molecule has 0 fully saturated rings. The lowest BCUT2D eigenvalue weighted by Crippen LogP contribution is -2.05. The van der Waals surface area contributed by atoms with Gasteiger partial charge in [0.1, 0.15) is 4.88 Å². The third-order valence-electron chi connectivity index (χ3n) is 2.60. The largest absolute Gasteiger partial charge is 0.477 e. The van der Waals surface area contributed by atoms with Gasteiger partial charge in [-0.25, -0.2) is 4.79 Å². The monoisotopic (exact) mass is 251 g/mol. The number of H-pyrrole nitrogens is 1. The average Bonchev–Trinajstić information content (AvgIpc) is 2.69. The third kappa shape index (κ3) is 2.39. The van der Waals surface area contributed by atoms with Gasteiger partial charge in [-0.15, -0.1) is 11.3 Å². The minimum absolute atomic E-state index is 0.168. The Bertz CT molecular complexity index is 612. The van der Waals surface area contributed by atoms with E-state index in [-0.39, 0.29) is 10.4 Å². The number of thiophene rings is 1. The topological polar surface area (TPSA) is 70.2 Å². The average molecular weight is 251 g/mol. The van der Waals surface area contributed by atoms with Crippen molar-refractivity contribution in [3.8, 4) is 0 Å². The molecule has 0 amide bonds. The first kappa shape index (κ1) is 11.9. The van der Waals surface area contributed by atoms with Gasteiger partial charge in [-0.05, 0) is 24.5 Å². The number of hydrogen-bond donors (Lipinski definition) is 2. The lowest BCUT2D eigenvalue weighted by atomic mass is 10.1. The Morgan fingerprint density at radius 1 is 1.47 bits per heavy atom. The minimum Gasteiger partial charge on any atom is -0.477 e. The van der Waals surface area contributed by atoms with Gasteiger partial charge in [-0.2, -0.15) is 0 Å². The molecule has 0 radical (unpaired) electrons. The standard InChI is InChI=1S/C12H13NO3S/c1-2-3-4-7-5-10(14)13-8-6-9(12(15)16)17-11(7)8/h5-6H,2-4H2,1H3,(H,13,14)(H,15,16). The van der Waals surface area contributed by atoms with Crippen molar-refractivity contribution in [3.63, 3.8) is 0 Å². The zero-order chi connectivity index (χ0) is 12.4. The molecule has 0 aliphatic carbocycles. The maximum absolute atomic E-state index is 11.4. The number of aromatic carboxylic acids is 1. The highest BCUT2D eigenvalue weighted by Gasteiger charge is 2.12. The van der Waals surface area contributed by atoms with Crippen molar-refractivity contribution in [2.45, 2.75) is 26.2 Å². The Morgan fingerprint density at radius 2 is 2.24 bits per heavy atom. The highest BCUT2D eigenvalue weighted by Crippen LogP contribution is 2.27. The predicted molar refractivity (Wildman–Crippen MR) is 68.0 cm³/mol. The highest BCUT2D eigenvalue weighted by molar-refractivity contribution is 7.20. The van der Waals surface area contributed by atoms with Gasteiger partial charge in [0.05, 0.1) is 10.2 Å². The second-order valence-corrected chi connectivity index (χ2v) is 4.97. The molecule has 0 spiro atoms. The first-order chi connectivity index (χ1) is 8.11. The minimum atomic E-state index is -0.950. The molecule has 2 aromatic heterocycles. The zero-order valence-corrected chi connectivity index (χ0v) is 10.3. The van der Waals surface area contributed by atoms with Crippen molar-refractivity contribution in [2.75, 3.05) is 0 Å². The van der Waals surface area contributed by atoms with Gasteiger partial charge in [-0.3, -0.25) is 4.79 Å². The van der Waals surface area contributed by atoms with Crippen LogP contribution in [-0.2, 0) is 6.42 Å². The number of aryl methyl sites for hydroxylation is 1. The van der Waals surface area contributed by atoms with Crippen LogP contribution in [0, 0.1) is 0 Å². The molecule has 2 N–H and O–H groups in total. The molecule has 0 aromatic carbocycles. The SMILES string of the molecule is CCCCc1cc(=O)[nH]c2cc(C(=O)O)sc12. The Morgan fingerprint density at radius 3 is 2.88 bits per heavy atom. The quantitative estimate of drug-likeness (QED) is 0.877. The summed E-state index contributed by atoms with van der Waals surface area (Å²) in [6, 6.07) is 3.10. The summed E-state index contributed by atoms with van der Waals surface area (Å²) >= 11 is 1.22. The second kappa shape index (κ2) is 4.71. The lowest BCUT2D eigenvalue weighted by molar-refractivity contribution is 0.0702. The molecule has 0 unspecified atom stereocenters. The second-order valence-electron chi connectivity index (χ2n) is 3.92. The number of carboxylic acid groups (broad SMARTS) is 1. The summed E-state index contributed by atoms with van der Waals surface area (Å²) in [5.41, 5.74) is 1.41. The van der Waals surface area contributed by atoms with Gasteiger partial charge in [0.15, 0.2) is 0 Å². The maximum Gasteiger partial charge on any atom is 0.345 e. The van der Waals surface area contributed by atoms with Crippen LogP contribution in [0.1, 0.15) is 35.0 Å². The number of aromatic amines is 1. The molecule has 2 heterocycles. The number of hydrogen-bond acceptors (Lipinski definition) is 3. The summed E-state index contributed by atoms with van der Waals surface area (Å²) < 4.78 is 0.885. The summed E-state index contributed by atoms with van der Waals surface area (Å²) in [7, 11) is 0. The van der Waals surface area contributed by atoms with Gasteiger partial charge in [0.2, 0.25) is 5.56 Å². The van der Waals surface area contributed by atoms with Crippen molar-refractivity contribution >= 4 is 27.5 Å². The van der Waals surface area contributed by atoms with E-state index in [9.17, 15) is 9.59 Å². The number of fused-ring (bicyclic) bond motifs is 1. The van der Waals surface area contributed by atoms with Crippen molar-refractivity contribution in [1.29, 1.82) is 0 Å². The van der Waals surface area contributed by atoms with Gasteiger partial charge in [0, 0.05) is 6.07 Å². The molecule has 0 aliphatic rings. The fourth-order valence-electron chi connectivity index (χ4n) is 1.77. The van der Waals surface area contributed by atoms with E-state index in [1.54, 1.807) is 6.07 Å². The van der Waals surface area contributed by atoms with Crippen molar-refractivity contribution in [3.05, 3.63) is 32.9 Å². The molecule has 0 saturated heterocycles. The van der Waals surface area contributed by atoms with E-state index in [4.69, 9.17) is 5.11 Å². The van der Waals surface area contributed by atoms with Crippen LogP contribution in [-0.4, -0.2) is 16.1 Å². The molecule has 0 atom stereocenters. The zero-order valence-electron chi connectivity index (χ0n) is 9.45. The Labute approximate surface area is 102 Å². The van der Waals surface area contributed by atoms with Crippen LogP contribution in [0.15, 0.2) is 16.9 Å². The van der Waals surface area contributed by atoms with Crippen LogP contribution in [0.5, 0.6) is 0 Å². The molecule has 5 heteroatoms. The molecule has 17 heavy (non-hydrogen) atoms. The first-order valence-corrected chi connectivity index (χ1v) is 6.32. The van der Waals surface area contributed by atoms with Crippen molar-refractivity contribution in [1.82, 2.24) is 4.98 Å². The number of aromatic nitrogens is 1. The Hall–Kier alpha value is -1.62. The van der Waals surface area contributed by atoms with Gasteiger partial charge in [-0.1, -0.05) is 13.3 Å². The number of pyridine rings is 1. The summed E-state index contributed by atoms with van der Waals surface area (Å²) in [5.74, 6) is -0.950. The summed E-state index contributed by atoms with van der Waals surface area (Å²) in [6.45, 7) is 2.08. The molecule has 0 bridgehead atoms. The fraction of sp³-hybridized carbons (Fsp3) is 0.333. The molecule has 2 aromatic rings. The number of carbonyl (C=O) groups is 1. The van der Waals surface area contributed by atoms with Crippen molar-refractivity contribution in [2.24, 2.45) is 0 Å². The van der Waals surface area contributed by atoms with E-state index in [0.717, 1.165) is 29.5 Å². The number of nitrogens with one attached hydrogen (secondary N) is 1. The maximum atomic E-state index is 11.4. The number of carboxylic acids is 1.